The van der Waals surface area contributed by atoms with E-state index in [1.807, 2.05) is 0 Å². The molecule has 588 valence electrons. The maximum absolute atomic E-state index is 13.1. The number of unbranched alkanes of at least 4 members (excludes halogenated alkanes) is 43. The summed E-state index contributed by atoms with van der Waals surface area (Å²) in [4.78, 5) is 72.9. The van der Waals surface area contributed by atoms with Crippen LogP contribution in [0.5, 0.6) is 0 Å². The summed E-state index contributed by atoms with van der Waals surface area (Å²) in [5.41, 5.74) is 0. The minimum Gasteiger partial charge on any atom is -0.462 e. The number of hydrogen-bond donors (Lipinski definition) is 3. The lowest BCUT2D eigenvalue weighted by molar-refractivity contribution is -0.161. The number of hydrogen-bond acceptors (Lipinski definition) is 15. The Hall–Kier alpha value is -1.94. The van der Waals surface area contributed by atoms with E-state index in [1.54, 1.807) is 0 Å². The highest BCUT2D eigenvalue weighted by Crippen LogP contribution is 2.45. The minimum atomic E-state index is -4.96. The Labute approximate surface area is 607 Å². The lowest BCUT2D eigenvalue weighted by Gasteiger charge is -2.21. The monoisotopic (exact) mass is 1450 g/mol. The average Bonchev–Trinajstić information content (AvgIpc) is 1.18. The van der Waals surface area contributed by atoms with Gasteiger partial charge in [0.2, 0.25) is 0 Å². The molecule has 19 heteroatoms. The van der Waals surface area contributed by atoms with Crippen LogP contribution in [-0.2, 0) is 65.4 Å². The molecule has 3 N–H and O–H groups in total. The zero-order valence-electron chi connectivity index (χ0n) is 65.1. The molecule has 0 bridgehead atoms. The summed E-state index contributed by atoms with van der Waals surface area (Å²) in [5, 5.41) is 10.6. The van der Waals surface area contributed by atoms with Gasteiger partial charge in [0.05, 0.1) is 26.4 Å². The van der Waals surface area contributed by atoms with Gasteiger partial charge in [-0.3, -0.25) is 37.3 Å². The third-order valence-electron chi connectivity index (χ3n) is 18.6. The van der Waals surface area contributed by atoms with E-state index < -0.39 is 97.5 Å². The normalized spacial score (nSPS) is 14.1. The van der Waals surface area contributed by atoms with Crippen molar-refractivity contribution >= 4 is 39.5 Å². The average molecular weight is 1450 g/mol. The highest BCUT2D eigenvalue weighted by molar-refractivity contribution is 7.47. The third-order valence-corrected chi connectivity index (χ3v) is 20.5. The van der Waals surface area contributed by atoms with Crippen molar-refractivity contribution in [3.05, 3.63) is 0 Å². The van der Waals surface area contributed by atoms with Crippen molar-refractivity contribution in [3.63, 3.8) is 0 Å². The Morgan fingerprint density at radius 2 is 0.424 bits per heavy atom. The summed E-state index contributed by atoms with van der Waals surface area (Å²) in [6, 6.07) is 0. The molecule has 5 atom stereocenters. The second-order valence-electron chi connectivity index (χ2n) is 30.7. The van der Waals surface area contributed by atoms with E-state index >= 15 is 0 Å². The summed E-state index contributed by atoms with van der Waals surface area (Å²) in [6.07, 6.45) is 55.7. The van der Waals surface area contributed by atoms with Crippen molar-refractivity contribution in [1.82, 2.24) is 0 Å². The van der Waals surface area contributed by atoms with Crippen molar-refractivity contribution in [1.29, 1.82) is 0 Å². The second kappa shape index (κ2) is 69.1. The van der Waals surface area contributed by atoms with Crippen LogP contribution in [0.25, 0.3) is 0 Å². The van der Waals surface area contributed by atoms with Gasteiger partial charge in [-0.1, -0.05) is 357 Å². The van der Waals surface area contributed by atoms with Crippen LogP contribution < -0.4 is 0 Å². The first-order valence-corrected chi connectivity index (χ1v) is 44.2. The summed E-state index contributed by atoms with van der Waals surface area (Å²) in [7, 11) is -9.92. The van der Waals surface area contributed by atoms with Gasteiger partial charge in [-0.2, -0.15) is 0 Å². The summed E-state index contributed by atoms with van der Waals surface area (Å²) in [5.74, 6) is 0.930. The van der Waals surface area contributed by atoms with Crippen LogP contribution in [0.3, 0.4) is 0 Å². The molecule has 0 spiro atoms. The molecule has 0 aliphatic carbocycles. The number of carbonyl (C=O) groups is 4. The van der Waals surface area contributed by atoms with Crippen LogP contribution in [0.1, 0.15) is 409 Å². The van der Waals surface area contributed by atoms with Gasteiger partial charge in [0.1, 0.15) is 19.3 Å². The van der Waals surface area contributed by atoms with Crippen LogP contribution in [0, 0.1) is 23.7 Å². The lowest BCUT2D eigenvalue weighted by Crippen LogP contribution is -2.30. The van der Waals surface area contributed by atoms with E-state index in [-0.39, 0.29) is 25.7 Å². The van der Waals surface area contributed by atoms with Crippen molar-refractivity contribution in [2.24, 2.45) is 23.7 Å². The number of aliphatic hydroxyl groups is 1. The van der Waals surface area contributed by atoms with Crippen LogP contribution in [0.4, 0.5) is 0 Å². The molecule has 0 fully saturated rings. The Morgan fingerprint density at radius 3 is 0.626 bits per heavy atom. The molecule has 0 aromatic rings. The number of carbonyl (C=O) groups excluding carboxylic acids is 4. The fourth-order valence-corrected chi connectivity index (χ4v) is 13.8. The number of rotatable bonds is 77. The van der Waals surface area contributed by atoms with E-state index in [0.717, 1.165) is 114 Å². The minimum absolute atomic E-state index is 0.106. The van der Waals surface area contributed by atoms with Crippen molar-refractivity contribution < 1.29 is 80.2 Å². The number of phosphoric ester groups is 2. The number of ether oxygens (including phenoxy) is 4. The van der Waals surface area contributed by atoms with Gasteiger partial charge < -0.3 is 33.8 Å². The molecule has 0 radical (unpaired) electrons. The first-order valence-electron chi connectivity index (χ1n) is 41.2. The molecule has 99 heavy (non-hydrogen) atoms. The highest BCUT2D eigenvalue weighted by Gasteiger charge is 2.30. The van der Waals surface area contributed by atoms with Crippen LogP contribution in [0.15, 0.2) is 0 Å². The van der Waals surface area contributed by atoms with E-state index in [9.17, 15) is 43.2 Å². The molecule has 0 aromatic heterocycles. The molecule has 0 saturated heterocycles. The van der Waals surface area contributed by atoms with Gasteiger partial charge >= 0.3 is 39.5 Å². The molecule has 0 aromatic carbocycles. The number of phosphoric acid groups is 2. The Kier molecular flexibility index (Phi) is 67.8. The standard InChI is InChI=1S/C80H156O17P2/c1-70(2)56-48-40-32-26-20-15-13-11-9-10-12-14-16-23-30-36-46-54-62-80(85)97-76(67-91-78(83)61-53-45-39-38-43-51-59-73(7)8)69-95-99(88,89)93-65-74(81)64-92-98(86,87)94-68-75(66-90-77(82)60-52-44-35-29-25-19-22-28-34-42-50-58-72(5)6)96-79(84)63-55-47-37-31-24-18-17-21-27-33-41-49-57-71(3)4/h70-76,81H,9-69H2,1-8H3,(H,86,87)(H,88,89)/t74?,75-,76-/m1/s1. The van der Waals surface area contributed by atoms with Crippen LogP contribution in [-0.4, -0.2) is 96.7 Å². The van der Waals surface area contributed by atoms with Gasteiger partial charge in [0.25, 0.3) is 0 Å². The first kappa shape index (κ1) is 97.1. The van der Waals surface area contributed by atoms with Crippen LogP contribution >= 0.6 is 15.6 Å². The van der Waals surface area contributed by atoms with Gasteiger partial charge in [-0.25, -0.2) is 9.13 Å². The van der Waals surface area contributed by atoms with Crippen LogP contribution in [0.2, 0.25) is 0 Å². The highest BCUT2D eigenvalue weighted by atomic mass is 31.2. The Bertz CT molecular complexity index is 1940. The van der Waals surface area contributed by atoms with Crippen molar-refractivity contribution in [3.8, 4) is 0 Å². The predicted molar refractivity (Wildman–Crippen MR) is 404 cm³/mol. The molecule has 0 saturated carbocycles. The number of esters is 4. The predicted octanol–water partition coefficient (Wildman–Crippen LogP) is 23.6. The summed E-state index contributed by atoms with van der Waals surface area (Å²) >= 11 is 0. The zero-order valence-corrected chi connectivity index (χ0v) is 66.9. The molecule has 0 aliphatic rings. The zero-order chi connectivity index (χ0) is 73.1. The molecular weight excluding hydrogens is 1290 g/mol. The molecule has 0 amide bonds. The van der Waals surface area contributed by atoms with Gasteiger partial charge in [-0.15, -0.1) is 0 Å². The van der Waals surface area contributed by atoms with E-state index in [4.69, 9.17) is 37.0 Å². The van der Waals surface area contributed by atoms with E-state index in [0.29, 0.717) is 31.6 Å². The molecular formula is C80H156O17P2. The largest absolute Gasteiger partial charge is 0.472 e. The lowest BCUT2D eigenvalue weighted by atomic mass is 10.0. The van der Waals surface area contributed by atoms with Gasteiger partial charge in [0.15, 0.2) is 12.2 Å². The van der Waals surface area contributed by atoms with E-state index in [2.05, 4.69) is 55.4 Å². The van der Waals surface area contributed by atoms with Crippen molar-refractivity contribution in [2.75, 3.05) is 39.6 Å². The molecule has 0 rings (SSSR count). The van der Waals surface area contributed by atoms with Gasteiger partial charge in [0, 0.05) is 25.7 Å². The molecule has 3 unspecified atom stereocenters. The molecule has 17 nitrogen and oxygen atoms in total. The van der Waals surface area contributed by atoms with Gasteiger partial charge in [-0.05, 0) is 49.4 Å². The maximum atomic E-state index is 13.1. The fraction of sp³-hybridized carbons (Fsp3) is 0.950. The van der Waals surface area contributed by atoms with E-state index in [1.165, 1.54) is 205 Å². The Morgan fingerprint density at radius 1 is 0.253 bits per heavy atom. The fourth-order valence-electron chi connectivity index (χ4n) is 12.3. The maximum Gasteiger partial charge on any atom is 0.472 e. The topological polar surface area (TPSA) is 237 Å². The SMILES string of the molecule is CC(C)CCCCCCCCCCCCCCCCCCCCC(=O)O[C@H](COC(=O)CCCCCCCCC(C)C)COP(=O)(O)OCC(O)COP(=O)(O)OC[C@@H](COC(=O)CCCCCCCCCCCCCC(C)C)OC(=O)CCCCCCCCCCCCCCC(C)C. The second-order valence-corrected chi connectivity index (χ2v) is 33.6. The summed E-state index contributed by atoms with van der Waals surface area (Å²) in [6.45, 7) is 14.2. The summed E-state index contributed by atoms with van der Waals surface area (Å²) < 4.78 is 68.6. The van der Waals surface area contributed by atoms with Crippen molar-refractivity contribution in [2.45, 2.75) is 427 Å². The first-order chi connectivity index (χ1) is 47.6. The third kappa shape index (κ3) is 74.1. The smallest absolute Gasteiger partial charge is 0.462 e. The molecule has 0 heterocycles. The quantitative estimate of drug-likeness (QED) is 0.0222. The Balaban J connectivity index is 5.19. The number of aliphatic hydroxyl groups excluding tert-OH is 1. The molecule has 0 aliphatic heterocycles.